The first-order valence-corrected chi connectivity index (χ1v) is 9.81. The predicted octanol–water partition coefficient (Wildman–Crippen LogP) is 2.98. The lowest BCUT2D eigenvalue weighted by Crippen LogP contribution is -2.63. The molecule has 148 valence electrons. The van der Waals surface area contributed by atoms with Crippen LogP contribution in [0.15, 0.2) is 0 Å². The van der Waals surface area contributed by atoms with Crippen LogP contribution < -0.4 is 5.32 Å². The van der Waals surface area contributed by atoms with Gasteiger partial charge in [-0.1, -0.05) is 32.1 Å². The van der Waals surface area contributed by atoms with E-state index in [0.717, 1.165) is 19.3 Å². The second kappa shape index (κ2) is 8.87. The lowest BCUT2D eigenvalue weighted by molar-refractivity contribution is -0.159. The van der Waals surface area contributed by atoms with Gasteiger partial charge in [0.25, 0.3) is 0 Å². The molecule has 0 unspecified atom stereocenters. The topological polar surface area (TPSA) is 81.7 Å². The molecule has 0 heterocycles. The first-order valence-electron chi connectivity index (χ1n) is 9.81. The van der Waals surface area contributed by atoms with Gasteiger partial charge in [-0.2, -0.15) is 0 Å². The number of carbonyl (C=O) groups excluding carboxylic acids is 3. The molecule has 0 spiro atoms. The van der Waals surface area contributed by atoms with Crippen LogP contribution in [-0.4, -0.2) is 36.1 Å². The maximum atomic E-state index is 12.0. The second-order valence-electron chi connectivity index (χ2n) is 8.17. The van der Waals surface area contributed by atoms with Crippen molar-refractivity contribution in [2.75, 3.05) is 6.61 Å². The number of esters is 2. The fourth-order valence-electron chi connectivity index (χ4n) is 5.07. The fraction of sp³-hybridized carbons (Fsp3) is 0.850. The molecular formula is C20H33NO5. The zero-order valence-corrected chi connectivity index (χ0v) is 16.5. The molecule has 6 heteroatoms. The molecule has 2 fully saturated rings. The lowest BCUT2D eigenvalue weighted by Gasteiger charge is -2.52. The van der Waals surface area contributed by atoms with Crippen molar-refractivity contribution in [2.45, 2.75) is 84.3 Å². The molecule has 2 aliphatic rings. The quantitative estimate of drug-likeness (QED) is 0.756. The average Bonchev–Trinajstić information content (AvgIpc) is 2.54. The molecule has 0 aromatic heterocycles. The number of carbonyl (C=O) groups is 3. The minimum Gasteiger partial charge on any atom is -0.465 e. The Balaban J connectivity index is 2.30. The first kappa shape index (κ1) is 20.7. The van der Waals surface area contributed by atoms with Gasteiger partial charge in [-0.15, -0.1) is 0 Å². The molecule has 2 aliphatic carbocycles. The van der Waals surface area contributed by atoms with E-state index < -0.39 is 5.54 Å². The van der Waals surface area contributed by atoms with Crippen molar-refractivity contribution < 1.29 is 23.9 Å². The van der Waals surface area contributed by atoms with Crippen molar-refractivity contribution in [3.63, 3.8) is 0 Å². The number of ether oxygens (including phenoxy) is 2. The maximum absolute atomic E-state index is 12.0. The SMILES string of the molecule is CC(=O)N[C@]1(C)[C@H](COC(C)=O)C[C@H](OC(C)=O)C[C@@H]1C1CCCCC1. The Morgan fingerprint density at radius 2 is 1.65 bits per heavy atom. The van der Waals surface area contributed by atoms with Crippen molar-refractivity contribution in [3.8, 4) is 0 Å². The maximum Gasteiger partial charge on any atom is 0.302 e. The number of nitrogens with one attached hydrogen (secondary N) is 1. The van der Waals surface area contributed by atoms with Gasteiger partial charge in [0.1, 0.15) is 6.10 Å². The van der Waals surface area contributed by atoms with E-state index in [1.54, 1.807) is 0 Å². The predicted molar refractivity (Wildman–Crippen MR) is 97.2 cm³/mol. The summed E-state index contributed by atoms with van der Waals surface area (Å²) >= 11 is 0. The Morgan fingerprint density at radius 1 is 1.00 bits per heavy atom. The highest BCUT2D eigenvalue weighted by Gasteiger charge is 2.51. The van der Waals surface area contributed by atoms with E-state index in [-0.39, 0.29) is 42.4 Å². The van der Waals surface area contributed by atoms with Crippen LogP contribution >= 0.6 is 0 Å². The first-order chi connectivity index (χ1) is 12.2. The molecule has 0 aromatic rings. The summed E-state index contributed by atoms with van der Waals surface area (Å²) in [5.41, 5.74) is -0.472. The molecule has 0 aliphatic heterocycles. The highest BCUT2D eigenvalue weighted by atomic mass is 16.5. The summed E-state index contributed by atoms with van der Waals surface area (Å²) in [5.74, 6) is -0.0951. The number of rotatable bonds is 5. The fourth-order valence-corrected chi connectivity index (χ4v) is 5.07. The van der Waals surface area contributed by atoms with Gasteiger partial charge in [0, 0.05) is 32.2 Å². The molecule has 26 heavy (non-hydrogen) atoms. The van der Waals surface area contributed by atoms with Gasteiger partial charge in [0.15, 0.2) is 0 Å². The van der Waals surface area contributed by atoms with Crippen molar-refractivity contribution in [2.24, 2.45) is 17.8 Å². The van der Waals surface area contributed by atoms with E-state index in [1.807, 2.05) is 0 Å². The summed E-state index contributed by atoms with van der Waals surface area (Å²) in [5, 5.41) is 3.18. The number of amides is 1. The lowest BCUT2D eigenvalue weighted by atomic mass is 9.59. The van der Waals surface area contributed by atoms with Gasteiger partial charge in [-0.3, -0.25) is 14.4 Å². The highest BCUT2D eigenvalue weighted by Crippen LogP contribution is 2.47. The normalized spacial score (nSPS) is 32.5. The van der Waals surface area contributed by atoms with Crippen LogP contribution in [0.5, 0.6) is 0 Å². The zero-order chi connectivity index (χ0) is 19.3. The van der Waals surface area contributed by atoms with Crippen molar-refractivity contribution >= 4 is 17.8 Å². The number of hydrogen-bond donors (Lipinski definition) is 1. The molecule has 1 N–H and O–H groups in total. The minimum atomic E-state index is -0.472. The largest absolute Gasteiger partial charge is 0.465 e. The van der Waals surface area contributed by atoms with E-state index in [1.165, 1.54) is 40.0 Å². The Hall–Kier alpha value is -1.59. The Bertz CT molecular complexity index is 528. The molecular weight excluding hydrogens is 334 g/mol. The van der Waals surface area contributed by atoms with Gasteiger partial charge in [0.05, 0.1) is 6.61 Å². The molecule has 4 atom stereocenters. The minimum absolute atomic E-state index is 0.0768. The molecule has 0 aromatic carbocycles. The third-order valence-corrected chi connectivity index (χ3v) is 6.17. The molecule has 0 bridgehead atoms. The average molecular weight is 367 g/mol. The van der Waals surface area contributed by atoms with Crippen LogP contribution in [0.2, 0.25) is 0 Å². The smallest absolute Gasteiger partial charge is 0.302 e. The van der Waals surface area contributed by atoms with Gasteiger partial charge in [0.2, 0.25) is 5.91 Å². The molecule has 1 amide bonds. The van der Waals surface area contributed by atoms with Gasteiger partial charge in [-0.25, -0.2) is 0 Å². The summed E-state index contributed by atoms with van der Waals surface area (Å²) in [4.78, 5) is 34.9. The molecule has 2 rings (SSSR count). The van der Waals surface area contributed by atoms with Crippen LogP contribution in [0.3, 0.4) is 0 Å². The number of hydrogen-bond acceptors (Lipinski definition) is 5. The van der Waals surface area contributed by atoms with E-state index in [2.05, 4.69) is 12.2 Å². The Labute approximate surface area is 156 Å². The summed E-state index contributed by atoms with van der Waals surface area (Å²) < 4.78 is 10.9. The van der Waals surface area contributed by atoms with Crippen molar-refractivity contribution in [1.29, 1.82) is 0 Å². The summed E-state index contributed by atoms with van der Waals surface area (Å²) in [6.45, 7) is 6.65. The van der Waals surface area contributed by atoms with Gasteiger partial charge in [-0.05, 0) is 31.6 Å². The standard InChI is InChI=1S/C20H33NO5/c1-13(22)21-20(4)17(12-25-14(2)23)10-18(26-15(3)24)11-19(20)16-8-6-5-7-9-16/h16-19H,5-12H2,1-4H3,(H,21,22)/t17-,18-,19+,20+/m0/s1. The van der Waals surface area contributed by atoms with Crippen LogP contribution in [0.4, 0.5) is 0 Å². The van der Waals surface area contributed by atoms with Crippen LogP contribution in [0.1, 0.15) is 72.6 Å². The third-order valence-electron chi connectivity index (χ3n) is 6.17. The van der Waals surface area contributed by atoms with E-state index in [0.29, 0.717) is 12.3 Å². The molecule has 0 radical (unpaired) electrons. The van der Waals surface area contributed by atoms with E-state index >= 15 is 0 Å². The van der Waals surface area contributed by atoms with E-state index in [4.69, 9.17) is 9.47 Å². The second-order valence-corrected chi connectivity index (χ2v) is 8.17. The zero-order valence-electron chi connectivity index (χ0n) is 16.5. The third kappa shape index (κ3) is 5.21. The molecule has 0 saturated heterocycles. The summed E-state index contributed by atoms with van der Waals surface area (Å²) in [6, 6.07) is 0. The van der Waals surface area contributed by atoms with Crippen LogP contribution in [-0.2, 0) is 23.9 Å². The Kier molecular flexibility index (Phi) is 7.07. The Morgan fingerprint density at radius 3 is 2.19 bits per heavy atom. The van der Waals surface area contributed by atoms with Crippen LogP contribution in [0.25, 0.3) is 0 Å². The van der Waals surface area contributed by atoms with Gasteiger partial charge >= 0.3 is 11.9 Å². The summed E-state index contributed by atoms with van der Waals surface area (Å²) in [7, 11) is 0. The summed E-state index contributed by atoms with van der Waals surface area (Å²) in [6.07, 6.45) is 7.06. The van der Waals surface area contributed by atoms with Crippen molar-refractivity contribution in [3.05, 3.63) is 0 Å². The van der Waals surface area contributed by atoms with Gasteiger partial charge < -0.3 is 14.8 Å². The molecule has 2 saturated carbocycles. The molecule has 6 nitrogen and oxygen atoms in total. The monoisotopic (exact) mass is 367 g/mol. The van der Waals surface area contributed by atoms with E-state index in [9.17, 15) is 14.4 Å². The highest BCUT2D eigenvalue weighted by molar-refractivity contribution is 5.74. The van der Waals surface area contributed by atoms with Crippen molar-refractivity contribution in [1.82, 2.24) is 5.32 Å². The van der Waals surface area contributed by atoms with Crippen LogP contribution in [0, 0.1) is 17.8 Å².